The van der Waals surface area contributed by atoms with E-state index in [-0.39, 0.29) is 0 Å². The second-order valence-electron chi connectivity index (χ2n) is 4.66. The summed E-state index contributed by atoms with van der Waals surface area (Å²) in [5.74, 6) is 0.855. The lowest BCUT2D eigenvalue weighted by Crippen LogP contribution is -2.28. The lowest BCUT2D eigenvalue weighted by Gasteiger charge is -2.20. The van der Waals surface area contributed by atoms with E-state index >= 15 is 0 Å². The van der Waals surface area contributed by atoms with Gasteiger partial charge in [0.05, 0.1) is 0 Å². The van der Waals surface area contributed by atoms with Crippen molar-refractivity contribution in [2.24, 2.45) is 4.99 Å². The summed E-state index contributed by atoms with van der Waals surface area (Å²) < 4.78 is 0. The van der Waals surface area contributed by atoms with Crippen LogP contribution in [0.3, 0.4) is 0 Å². The van der Waals surface area contributed by atoms with Crippen molar-refractivity contribution in [3.05, 3.63) is 40.9 Å². The monoisotopic (exact) mass is 278 g/mol. The van der Waals surface area contributed by atoms with Crippen LogP contribution in [0.2, 0.25) is 5.02 Å². The van der Waals surface area contributed by atoms with Gasteiger partial charge in [0, 0.05) is 17.1 Å². The first-order chi connectivity index (χ1) is 9.19. The zero-order chi connectivity index (χ0) is 13.7. The van der Waals surface area contributed by atoms with Gasteiger partial charge in [0.15, 0.2) is 6.23 Å². The van der Waals surface area contributed by atoms with Crippen LogP contribution in [-0.2, 0) is 0 Å². The van der Waals surface area contributed by atoms with Crippen LogP contribution in [0.5, 0.6) is 0 Å². The van der Waals surface area contributed by atoms with Crippen LogP contribution in [0.25, 0.3) is 5.70 Å². The van der Waals surface area contributed by atoms with Crippen molar-refractivity contribution in [2.75, 3.05) is 0 Å². The Morgan fingerprint density at radius 2 is 2.00 bits per heavy atom. The first kappa shape index (κ1) is 14.1. The number of halogens is 1. The second kappa shape index (κ2) is 6.73. The summed E-state index contributed by atoms with van der Waals surface area (Å²) in [6.45, 7) is 2.17. The minimum atomic E-state index is -0.761. The van der Waals surface area contributed by atoms with E-state index in [0.717, 1.165) is 29.9 Å². The van der Waals surface area contributed by atoms with Crippen LogP contribution in [0.4, 0.5) is 0 Å². The van der Waals surface area contributed by atoms with E-state index < -0.39 is 6.23 Å². The average Bonchev–Trinajstić information content (AvgIpc) is 2.39. The number of unbranched alkanes of at least 4 members (excludes halogenated alkanes) is 2. The minimum Gasteiger partial charge on any atom is -0.368 e. The Balaban J connectivity index is 2.05. The molecule has 1 unspecified atom stereocenters. The number of hydrogen-bond acceptors (Lipinski definition) is 3. The molecular weight excluding hydrogens is 260 g/mol. The highest BCUT2D eigenvalue weighted by Crippen LogP contribution is 2.19. The van der Waals surface area contributed by atoms with Gasteiger partial charge in [0.1, 0.15) is 5.84 Å². The van der Waals surface area contributed by atoms with Crippen LogP contribution < -0.4 is 5.32 Å². The van der Waals surface area contributed by atoms with Gasteiger partial charge in [-0.3, -0.25) is 0 Å². The van der Waals surface area contributed by atoms with Gasteiger partial charge in [-0.25, -0.2) is 4.99 Å². The lowest BCUT2D eigenvalue weighted by atomic mass is 10.1. The number of aliphatic imine (C=N–C) groups is 1. The maximum Gasteiger partial charge on any atom is 0.168 e. The molecule has 0 spiro atoms. The van der Waals surface area contributed by atoms with Crippen LogP contribution in [-0.4, -0.2) is 17.2 Å². The Labute approximate surface area is 119 Å². The van der Waals surface area contributed by atoms with Crippen LogP contribution in [0.15, 0.2) is 35.3 Å². The van der Waals surface area contributed by atoms with E-state index in [0.29, 0.717) is 5.02 Å². The summed E-state index contributed by atoms with van der Waals surface area (Å²) >= 11 is 5.88. The predicted molar refractivity (Wildman–Crippen MR) is 80.1 cm³/mol. The summed E-state index contributed by atoms with van der Waals surface area (Å²) in [6, 6.07) is 7.55. The average molecular weight is 279 g/mol. The number of nitrogens with one attached hydrogen (secondary N) is 1. The van der Waals surface area contributed by atoms with Gasteiger partial charge in [0.2, 0.25) is 0 Å². The first-order valence-corrected chi connectivity index (χ1v) is 7.06. The quantitative estimate of drug-likeness (QED) is 0.809. The number of aliphatic hydroxyl groups is 1. The van der Waals surface area contributed by atoms with Crippen molar-refractivity contribution >= 4 is 23.1 Å². The van der Waals surface area contributed by atoms with Gasteiger partial charge >= 0.3 is 0 Å². The highest BCUT2D eigenvalue weighted by Gasteiger charge is 2.14. The molecule has 3 nitrogen and oxygen atoms in total. The van der Waals surface area contributed by atoms with Gasteiger partial charge < -0.3 is 10.4 Å². The number of hydrogen-bond donors (Lipinski definition) is 2. The molecule has 2 N–H and O–H groups in total. The molecule has 0 amide bonds. The Morgan fingerprint density at radius 1 is 1.26 bits per heavy atom. The number of aliphatic hydroxyl groups excluding tert-OH is 1. The maximum absolute atomic E-state index is 9.79. The van der Waals surface area contributed by atoms with Crippen molar-refractivity contribution in [2.45, 2.75) is 38.8 Å². The summed E-state index contributed by atoms with van der Waals surface area (Å²) in [4.78, 5) is 4.21. The third-order valence-corrected chi connectivity index (χ3v) is 3.31. The van der Waals surface area contributed by atoms with E-state index in [1.54, 1.807) is 6.08 Å². The van der Waals surface area contributed by atoms with Gasteiger partial charge in [-0.1, -0.05) is 43.5 Å². The number of benzene rings is 1. The molecule has 1 aromatic rings. The number of rotatable bonds is 5. The zero-order valence-electron chi connectivity index (χ0n) is 11.1. The molecule has 1 atom stereocenters. The highest BCUT2D eigenvalue weighted by molar-refractivity contribution is 6.30. The van der Waals surface area contributed by atoms with Crippen LogP contribution >= 0.6 is 11.6 Å². The molecule has 0 aliphatic carbocycles. The summed E-state index contributed by atoms with van der Waals surface area (Å²) in [5.41, 5.74) is 1.90. The molecule has 2 rings (SSSR count). The Kier molecular flexibility index (Phi) is 5.00. The number of nitrogens with zero attached hydrogens (tertiary/aromatic N) is 1. The first-order valence-electron chi connectivity index (χ1n) is 6.68. The molecule has 0 radical (unpaired) electrons. The maximum atomic E-state index is 9.79. The second-order valence-corrected chi connectivity index (χ2v) is 5.10. The van der Waals surface area contributed by atoms with E-state index in [2.05, 4.69) is 17.2 Å². The van der Waals surface area contributed by atoms with Gasteiger partial charge in [0.25, 0.3) is 0 Å². The van der Waals surface area contributed by atoms with E-state index in [9.17, 15) is 5.11 Å². The largest absolute Gasteiger partial charge is 0.368 e. The highest BCUT2D eigenvalue weighted by atomic mass is 35.5. The lowest BCUT2D eigenvalue weighted by molar-refractivity contribution is 0.232. The molecule has 1 aliphatic rings. The SMILES string of the molecule is CCCCCC1=NC(O)C=C(c2ccc(Cl)cc2)N1. The fraction of sp³-hybridized carbons (Fsp3) is 0.400. The van der Waals surface area contributed by atoms with Gasteiger partial charge in [-0.05, 0) is 30.2 Å². The smallest absolute Gasteiger partial charge is 0.168 e. The van der Waals surface area contributed by atoms with E-state index in [4.69, 9.17) is 11.6 Å². The normalized spacial score (nSPS) is 18.6. The Bertz CT molecular complexity index is 479. The zero-order valence-corrected chi connectivity index (χ0v) is 11.8. The van der Waals surface area contributed by atoms with E-state index in [1.807, 2.05) is 24.3 Å². The molecule has 0 saturated carbocycles. The third-order valence-electron chi connectivity index (χ3n) is 3.06. The van der Waals surface area contributed by atoms with Crippen molar-refractivity contribution in [1.82, 2.24) is 5.32 Å². The predicted octanol–water partition coefficient (Wildman–Crippen LogP) is 3.58. The molecule has 0 fully saturated rings. The molecule has 1 aliphatic heterocycles. The van der Waals surface area contributed by atoms with Gasteiger partial charge in [-0.2, -0.15) is 0 Å². The van der Waals surface area contributed by atoms with E-state index in [1.165, 1.54) is 12.8 Å². The minimum absolute atomic E-state index is 0.706. The molecular formula is C15H19ClN2O. The van der Waals surface area contributed by atoms with Crippen molar-refractivity contribution in [3.63, 3.8) is 0 Å². The molecule has 0 saturated heterocycles. The van der Waals surface area contributed by atoms with Crippen molar-refractivity contribution in [1.29, 1.82) is 0 Å². The fourth-order valence-corrected chi connectivity index (χ4v) is 2.17. The van der Waals surface area contributed by atoms with Gasteiger partial charge in [-0.15, -0.1) is 0 Å². The van der Waals surface area contributed by atoms with Crippen LogP contribution in [0, 0.1) is 0 Å². The number of amidine groups is 1. The van der Waals surface area contributed by atoms with Crippen molar-refractivity contribution < 1.29 is 5.11 Å². The topological polar surface area (TPSA) is 44.6 Å². The van der Waals surface area contributed by atoms with Crippen LogP contribution in [0.1, 0.15) is 38.2 Å². The fourth-order valence-electron chi connectivity index (χ4n) is 2.04. The van der Waals surface area contributed by atoms with Crippen molar-refractivity contribution in [3.8, 4) is 0 Å². The Morgan fingerprint density at radius 3 is 2.68 bits per heavy atom. The standard InChI is InChI=1S/C15H19ClN2O/c1-2-3-4-5-14-17-13(10-15(19)18-14)11-6-8-12(16)9-7-11/h6-10,15,19H,2-5H2,1H3,(H,17,18). The molecule has 0 aromatic heterocycles. The molecule has 102 valence electrons. The molecule has 0 bridgehead atoms. The molecule has 4 heteroatoms. The summed E-state index contributed by atoms with van der Waals surface area (Å²) in [7, 11) is 0. The summed E-state index contributed by atoms with van der Waals surface area (Å²) in [6.07, 6.45) is 5.27. The molecule has 1 heterocycles. The summed E-state index contributed by atoms with van der Waals surface area (Å²) in [5, 5.41) is 13.8. The third kappa shape index (κ3) is 4.08. The molecule has 1 aromatic carbocycles. The molecule has 19 heavy (non-hydrogen) atoms. The Hall–Kier alpha value is -1.32.